The fourth-order valence-electron chi connectivity index (χ4n) is 4.75. The fraction of sp³-hybridized carbons (Fsp3) is 0.0345. The zero-order valence-electron chi connectivity index (χ0n) is 19.2. The molecule has 0 N–H and O–H groups in total. The smallest absolute Gasteiger partial charge is 0.182 e. The number of nitrogens with zero attached hydrogens (tertiary/aromatic N) is 6. The molecule has 0 bridgehead atoms. The van der Waals surface area contributed by atoms with Gasteiger partial charge in [0.05, 0.1) is 23.9 Å². The summed E-state index contributed by atoms with van der Waals surface area (Å²) in [6.45, 7) is 0.537. The van der Waals surface area contributed by atoms with Crippen molar-refractivity contribution in [2.75, 3.05) is 0 Å². The summed E-state index contributed by atoms with van der Waals surface area (Å²) in [5.74, 6) is 1.48. The Labute approximate surface area is 206 Å². The van der Waals surface area contributed by atoms with E-state index in [0.717, 1.165) is 50.4 Å². The Hall–Kier alpha value is -5.04. The molecule has 2 aromatic carbocycles. The van der Waals surface area contributed by atoms with Gasteiger partial charge in [-0.25, -0.2) is 14.5 Å². The summed E-state index contributed by atoms with van der Waals surface area (Å²) in [6.07, 6.45) is 6.93. The van der Waals surface area contributed by atoms with Crippen LogP contribution in [0.2, 0.25) is 0 Å². The second-order valence-electron chi connectivity index (χ2n) is 8.50. The van der Waals surface area contributed by atoms with Crippen LogP contribution in [0.4, 0.5) is 0 Å². The maximum absolute atomic E-state index is 5.75. The average Bonchev–Trinajstić information content (AvgIpc) is 3.68. The predicted molar refractivity (Wildman–Crippen MR) is 138 cm³/mol. The minimum Gasteiger partial charge on any atom is -0.467 e. The van der Waals surface area contributed by atoms with Crippen molar-refractivity contribution in [3.8, 4) is 33.8 Å². The first-order chi connectivity index (χ1) is 17.9. The van der Waals surface area contributed by atoms with Crippen LogP contribution in [-0.2, 0) is 6.54 Å². The van der Waals surface area contributed by atoms with Gasteiger partial charge in [0, 0.05) is 23.5 Å². The molecule has 172 valence electrons. The van der Waals surface area contributed by atoms with E-state index in [4.69, 9.17) is 19.5 Å². The van der Waals surface area contributed by atoms with Gasteiger partial charge in [-0.3, -0.25) is 4.98 Å². The van der Waals surface area contributed by atoms with Crippen molar-refractivity contribution in [1.29, 1.82) is 0 Å². The molecule has 0 aliphatic rings. The van der Waals surface area contributed by atoms with Crippen LogP contribution in [0.3, 0.4) is 0 Å². The lowest BCUT2D eigenvalue weighted by atomic mass is 9.99. The summed E-state index contributed by atoms with van der Waals surface area (Å²) < 4.78 is 9.73. The highest BCUT2D eigenvalue weighted by Gasteiger charge is 2.25. The molecule has 0 atom stereocenters. The Morgan fingerprint density at radius 1 is 0.722 bits per heavy atom. The molecule has 7 rings (SSSR count). The summed E-state index contributed by atoms with van der Waals surface area (Å²) >= 11 is 0. The minimum absolute atomic E-state index is 0.537. The van der Waals surface area contributed by atoms with E-state index in [0.29, 0.717) is 12.4 Å². The molecule has 0 fully saturated rings. The van der Waals surface area contributed by atoms with Crippen LogP contribution in [0, 0.1) is 0 Å². The SMILES string of the molecule is c1ccc(-c2c(-c3ccccc3)n(Cc3ccco3)c3ncn4nc(-c5ccncc5)nc4c23)cc1. The molecular formula is C29H20N6O. The monoisotopic (exact) mass is 468 g/mol. The molecule has 7 heteroatoms. The summed E-state index contributed by atoms with van der Waals surface area (Å²) in [7, 11) is 0. The quantitative estimate of drug-likeness (QED) is 0.304. The molecule has 0 spiro atoms. The fourth-order valence-corrected chi connectivity index (χ4v) is 4.75. The number of benzene rings is 2. The van der Waals surface area contributed by atoms with Gasteiger partial charge in [0.15, 0.2) is 11.5 Å². The molecule has 0 saturated carbocycles. The maximum Gasteiger partial charge on any atom is 0.182 e. The highest BCUT2D eigenvalue weighted by atomic mass is 16.3. The Morgan fingerprint density at radius 2 is 1.47 bits per heavy atom. The van der Waals surface area contributed by atoms with Crippen LogP contribution in [0.5, 0.6) is 0 Å². The van der Waals surface area contributed by atoms with Gasteiger partial charge >= 0.3 is 0 Å². The number of hydrogen-bond acceptors (Lipinski definition) is 5. The van der Waals surface area contributed by atoms with Crippen LogP contribution in [-0.4, -0.2) is 29.1 Å². The second-order valence-corrected chi connectivity index (χ2v) is 8.50. The standard InChI is InChI=1S/C29H20N6O/c1-3-8-20(9-4-1)24-25-28(31-19-35-29(25)32-27(33-35)22-13-15-30-16-14-22)34(18-23-12-7-17-36-23)26(24)21-10-5-2-6-11-21/h1-17,19H,18H2. The Morgan fingerprint density at radius 3 is 2.19 bits per heavy atom. The van der Waals surface area contributed by atoms with E-state index in [1.165, 1.54) is 0 Å². The first-order valence-corrected chi connectivity index (χ1v) is 11.7. The molecule has 0 amide bonds. The molecule has 0 aliphatic heterocycles. The molecule has 7 nitrogen and oxygen atoms in total. The summed E-state index contributed by atoms with van der Waals surface area (Å²) in [5, 5.41) is 5.69. The molecule has 5 aromatic heterocycles. The van der Waals surface area contributed by atoms with E-state index in [9.17, 15) is 0 Å². The van der Waals surface area contributed by atoms with Crippen LogP contribution < -0.4 is 0 Å². The number of aromatic nitrogens is 6. The highest BCUT2D eigenvalue weighted by Crippen LogP contribution is 2.42. The molecule has 0 aliphatic carbocycles. The highest BCUT2D eigenvalue weighted by molar-refractivity contribution is 6.09. The third-order valence-corrected chi connectivity index (χ3v) is 6.32. The molecule has 36 heavy (non-hydrogen) atoms. The second kappa shape index (κ2) is 8.32. The summed E-state index contributed by atoms with van der Waals surface area (Å²) in [4.78, 5) is 14.0. The Bertz CT molecular complexity index is 1790. The zero-order chi connectivity index (χ0) is 23.9. The van der Waals surface area contributed by atoms with Crippen LogP contribution in [0.25, 0.3) is 50.5 Å². The van der Waals surface area contributed by atoms with Gasteiger partial charge in [0.2, 0.25) is 0 Å². The number of furan rings is 1. The lowest BCUT2D eigenvalue weighted by Crippen LogP contribution is -2.03. The minimum atomic E-state index is 0.537. The van der Waals surface area contributed by atoms with Gasteiger partial charge in [-0.05, 0) is 35.4 Å². The largest absolute Gasteiger partial charge is 0.467 e. The molecule has 0 radical (unpaired) electrons. The molecule has 7 aromatic rings. The van der Waals surface area contributed by atoms with Crippen LogP contribution in [0.1, 0.15) is 5.76 Å². The van der Waals surface area contributed by atoms with Gasteiger partial charge in [-0.2, -0.15) is 0 Å². The number of rotatable bonds is 5. The zero-order valence-corrected chi connectivity index (χ0v) is 19.2. The van der Waals surface area contributed by atoms with Crippen LogP contribution >= 0.6 is 0 Å². The van der Waals surface area contributed by atoms with E-state index in [1.807, 2.05) is 36.4 Å². The molecule has 0 unspecified atom stereocenters. The van der Waals surface area contributed by atoms with Crippen LogP contribution in [0.15, 0.2) is 114 Å². The van der Waals surface area contributed by atoms with Gasteiger partial charge < -0.3 is 8.98 Å². The molecule has 0 saturated heterocycles. The predicted octanol–water partition coefficient (Wildman–Crippen LogP) is 6.12. The molecular weight excluding hydrogens is 448 g/mol. The maximum atomic E-state index is 5.75. The number of pyridine rings is 1. The third kappa shape index (κ3) is 3.29. The first kappa shape index (κ1) is 20.3. The van der Waals surface area contributed by atoms with E-state index >= 15 is 0 Å². The normalized spacial score (nSPS) is 11.4. The Kier molecular flexibility index (Phi) is 4.70. The van der Waals surface area contributed by atoms with E-state index in [-0.39, 0.29) is 0 Å². The van der Waals surface area contributed by atoms with Gasteiger partial charge in [0.1, 0.15) is 17.7 Å². The summed E-state index contributed by atoms with van der Waals surface area (Å²) in [6, 6.07) is 28.5. The third-order valence-electron chi connectivity index (χ3n) is 6.32. The van der Waals surface area contributed by atoms with Crippen molar-refractivity contribution in [3.63, 3.8) is 0 Å². The van der Waals surface area contributed by atoms with Crippen molar-refractivity contribution in [3.05, 3.63) is 116 Å². The van der Waals surface area contributed by atoms with E-state index in [1.54, 1.807) is 29.5 Å². The van der Waals surface area contributed by atoms with Gasteiger partial charge in [-0.15, -0.1) is 5.10 Å². The molecule has 5 heterocycles. The van der Waals surface area contributed by atoms with Crippen molar-refractivity contribution in [1.82, 2.24) is 29.1 Å². The van der Waals surface area contributed by atoms with Gasteiger partial charge in [-0.1, -0.05) is 60.7 Å². The van der Waals surface area contributed by atoms with Crippen molar-refractivity contribution >= 4 is 16.7 Å². The number of fused-ring (bicyclic) bond motifs is 3. The topological polar surface area (TPSA) is 74.0 Å². The lowest BCUT2D eigenvalue weighted by molar-refractivity contribution is 0.497. The number of hydrogen-bond donors (Lipinski definition) is 0. The van der Waals surface area contributed by atoms with Crippen molar-refractivity contribution < 1.29 is 4.42 Å². The first-order valence-electron chi connectivity index (χ1n) is 11.7. The van der Waals surface area contributed by atoms with E-state index < -0.39 is 0 Å². The van der Waals surface area contributed by atoms with Crippen molar-refractivity contribution in [2.24, 2.45) is 0 Å². The van der Waals surface area contributed by atoms with E-state index in [2.05, 4.69) is 58.1 Å². The average molecular weight is 469 g/mol. The Balaban J connectivity index is 1.61. The van der Waals surface area contributed by atoms with Crippen molar-refractivity contribution in [2.45, 2.75) is 6.54 Å². The summed E-state index contributed by atoms with van der Waals surface area (Å²) in [5.41, 5.74) is 6.78. The van der Waals surface area contributed by atoms with Gasteiger partial charge in [0.25, 0.3) is 0 Å². The lowest BCUT2D eigenvalue weighted by Gasteiger charge is -2.11.